The number of benzene rings is 5. The normalized spacial score (nSPS) is 12.3. The predicted octanol–water partition coefficient (Wildman–Crippen LogP) is 8.64. The lowest BCUT2D eigenvalue weighted by Gasteiger charge is -2.14. The van der Waals surface area contributed by atoms with Gasteiger partial charge < -0.3 is 0 Å². The van der Waals surface area contributed by atoms with Crippen molar-refractivity contribution < 1.29 is 0 Å². The molecule has 0 nitrogen and oxygen atoms in total. The summed E-state index contributed by atoms with van der Waals surface area (Å²) in [7, 11) is 0. The van der Waals surface area contributed by atoms with Gasteiger partial charge in [0, 0.05) is 0 Å². The lowest BCUT2D eigenvalue weighted by Crippen LogP contribution is -1.94. The summed E-state index contributed by atoms with van der Waals surface area (Å²) in [6.07, 6.45) is 5.59. The fraction of sp³-hybridized carbons (Fsp3) is 0.161. The van der Waals surface area contributed by atoms with E-state index in [-0.39, 0.29) is 0 Å². The summed E-state index contributed by atoms with van der Waals surface area (Å²) in [5.41, 5.74) is 8.21. The Hall–Kier alpha value is -3.38. The lowest BCUT2D eigenvalue weighted by atomic mass is 9.90. The topological polar surface area (TPSA) is 0 Å². The standard InChI is InChI=1S/C16H14.C15H14/c1-11-3-5-13-7-8-14-6-4-12(2)10-16(14)15(13)9-11;1-10-6-12-4-3-5-13-7-11(2)9-14(8-10)15(12)13/h3-10H,1-2H3;3-4,6-9H,5H2,1-2H3. The third-order valence-corrected chi connectivity index (χ3v) is 6.24. The van der Waals surface area contributed by atoms with Crippen molar-refractivity contribution in [2.24, 2.45) is 0 Å². The summed E-state index contributed by atoms with van der Waals surface area (Å²) in [6.45, 7) is 8.64. The Morgan fingerprint density at radius 1 is 0.516 bits per heavy atom. The molecule has 6 rings (SSSR count). The van der Waals surface area contributed by atoms with Crippen LogP contribution in [-0.2, 0) is 6.42 Å². The van der Waals surface area contributed by atoms with Crippen LogP contribution in [0.25, 0.3) is 38.4 Å². The molecule has 152 valence electrons. The highest BCUT2D eigenvalue weighted by atomic mass is 14.1. The van der Waals surface area contributed by atoms with Crippen molar-refractivity contribution in [2.75, 3.05) is 0 Å². The molecule has 1 aliphatic carbocycles. The Morgan fingerprint density at radius 3 is 1.68 bits per heavy atom. The molecule has 0 fully saturated rings. The van der Waals surface area contributed by atoms with Crippen LogP contribution in [0.4, 0.5) is 0 Å². The Kier molecular flexibility index (Phi) is 4.87. The molecule has 0 heterocycles. The van der Waals surface area contributed by atoms with Crippen LogP contribution < -0.4 is 0 Å². The van der Waals surface area contributed by atoms with Crippen molar-refractivity contribution in [1.29, 1.82) is 0 Å². The van der Waals surface area contributed by atoms with Crippen molar-refractivity contribution >= 4 is 38.4 Å². The largest absolute Gasteiger partial charge is 0.0795 e. The quantitative estimate of drug-likeness (QED) is 0.228. The van der Waals surface area contributed by atoms with E-state index in [0.717, 1.165) is 6.42 Å². The fourth-order valence-corrected chi connectivity index (χ4v) is 4.84. The number of aryl methyl sites for hydroxylation is 4. The third-order valence-electron chi connectivity index (χ3n) is 6.24. The summed E-state index contributed by atoms with van der Waals surface area (Å²) in [5.74, 6) is 0. The van der Waals surface area contributed by atoms with Crippen molar-refractivity contribution in [2.45, 2.75) is 34.1 Å². The highest BCUT2D eigenvalue weighted by Crippen LogP contribution is 2.31. The Balaban J connectivity index is 0.000000132. The molecule has 0 bridgehead atoms. The average Bonchev–Trinajstić information content (AvgIpc) is 2.73. The van der Waals surface area contributed by atoms with E-state index in [2.05, 4.69) is 113 Å². The number of allylic oxidation sites excluding steroid dienone is 1. The van der Waals surface area contributed by atoms with Crippen LogP contribution >= 0.6 is 0 Å². The lowest BCUT2D eigenvalue weighted by molar-refractivity contribution is 1.27. The number of fused-ring (bicyclic) bond motifs is 3. The van der Waals surface area contributed by atoms with Gasteiger partial charge in [0.2, 0.25) is 0 Å². The smallest absolute Gasteiger partial charge is 0.00759 e. The fourth-order valence-electron chi connectivity index (χ4n) is 4.84. The van der Waals surface area contributed by atoms with Gasteiger partial charge in [-0.2, -0.15) is 0 Å². The minimum Gasteiger partial charge on any atom is -0.0795 e. The highest BCUT2D eigenvalue weighted by Gasteiger charge is 2.09. The summed E-state index contributed by atoms with van der Waals surface area (Å²) >= 11 is 0. The Morgan fingerprint density at radius 2 is 1.06 bits per heavy atom. The molecule has 0 unspecified atom stereocenters. The maximum atomic E-state index is 2.31. The van der Waals surface area contributed by atoms with Gasteiger partial charge in [-0.3, -0.25) is 0 Å². The maximum absolute atomic E-state index is 2.31. The van der Waals surface area contributed by atoms with Crippen molar-refractivity contribution in [3.63, 3.8) is 0 Å². The molecular formula is C31H28. The number of hydrogen-bond acceptors (Lipinski definition) is 0. The van der Waals surface area contributed by atoms with Crippen LogP contribution in [-0.4, -0.2) is 0 Å². The maximum Gasteiger partial charge on any atom is -0.00759 e. The minimum absolute atomic E-state index is 1.08. The van der Waals surface area contributed by atoms with Gasteiger partial charge in [0.15, 0.2) is 0 Å². The van der Waals surface area contributed by atoms with E-state index in [9.17, 15) is 0 Å². The first-order valence-corrected chi connectivity index (χ1v) is 11.1. The zero-order valence-corrected chi connectivity index (χ0v) is 18.8. The zero-order valence-electron chi connectivity index (χ0n) is 18.8. The van der Waals surface area contributed by atoms with E-state index in [1.807, 2.05) is 0 Å². The molecule has 0 spiro atoms. The van der Waals surface area contributed by atoms with Crippen LogP contribution in [0, 0.1) is 27.7 Å². The molecule has 5 aromatic carbocycles. The van der Waals surface area contributed by atoms with Crippen LogP contribution in [0.1, 0.15) is 33.4 Å². The van der Waals surface area contributed by atoms with Crippen molar-refractivity contribution in [1.82, 2.24) is 0 Å². The zero-order chi connectivity index (χ0) is 21.5. The van der Waals surface area contributed by atoms with Gasteiger partial charge in [-0.25, -0.2) is 0 Å². The molecule has 1 aliphatic rings. The van der Waals surface area contributed by atoms with Crippen LogP contribution in [0.15, 0.2) is 78.9 Å². The Bertz CT molecular complexity index is 1420. The molecule has 0 N–H and O–H groups in total. The van der Waals surface area contributed by atoms with Crippen LogP contribution in [0.5, 0.6) is 0 Å². The van der Waals surface area contributed by atoms with Gasteiger partial charge in [-0.05, 0) is 83.1 Å². The molecule has 0 radical (unpaired) electrons. The number of rotatable bonds is 0. The van der Waals surface area contributed by atoms with Gasteiger partial charge in [0.1, 0.15) is 0 Å². The second-order valence-electron chi connectivity index (χ2n) is 9.00. The summed E-state index contributed by atoms with van der Waals surface area (Å²) < 4.78 is 0. The molecule has 0 aliphatic heterocycles. The van der Waals surface area contributed by atoms with Gasteiger partial charge in [-0.1, -0.05) is 102 Å². The molecule has 0 aromatic heterocycles. The van der Waals surface area contributed by atoms with E-state index in [1.165, 1.54) is 65.7 Å². The second-order valence-corrected chi connectivity index (χ2v) is 9.00. The Labute approximate surface area is 184 Å². The van der Waals surface area contributed by atoms with E-state index < -0.39 is 0 Å². The highest BCUT2D eigenvalue weighted by molar-refractivity contribution is 6.07. The molecule has 0 amide bonds. The number of hydrogen-bond donors (Lipinski definition) is 0. The molecule has 0 heteroatoms. The molecule has 0 saturated heterocycles. The van der Waals surface area contributed by atoms with E-state index in [0.29, 0.717) is 0 Å². The van der Waals surface area contributed by atoms with E-state index >= 15 is 0 Å². The van der Waals surface area contributed by atoms with Gasteiger partial charge in [-0.15, -0.1) is 0 Å². The van der Waals surface area contributed by atoms with Crippen LogP contribution in [0.2, 0.25) is 0 Å². The minimum atomic E-state index is 1.08. The van der Waals surface area contributed by atoms with Gasteiger partial charge >= 0.3 is 0 Å². The van der Waals surface area contributed by atoms with Gasteiger partial charge in [0.25, 0.3) is 0 Å². The molecule has 5 aromatic rings. The predicted molar refractivity (Wildman–Crippen MR) is 137 cm³/mol. The first-order chi connectivity index (χ1) is 15.0. The molecule has 0 atom stereocenters. The first kappa shape index (κ1) is 19.6. The summed E-state index contributed by atoms with van der Waals surface area (Å²) in [4.78, 5) is 0. The van der Waals surface area contributed by atoms with Crippen LogP contribution in [0.3, 0.4) is 0 Å². The SMILES string of the molecule is Cc1cc2c3c(cc(C)cc3c1)CC=C2.Cc1ccc2ccc3ccc(C)cc3c2c1. The monoisotopic (exact) mass is 400 g/mol. The molecule has 0 saturated carbocycles. The first-order valence-electron chi connectivity index (χ1n) is 11.1. The van der Waals surface area contributed by atoms with E-state index in [4.69, 9.17) is 0 Å². The van der Waals surface area contributed by atoms with E-state index in [1.54, 1.807) is 0 Å². The average molecular weight is 401 g/mol. The van der Waals surface area contributed by atoms with Crippen molar-refractivity contribution in [3.05, 3.63) is 112 Å². The molecule has 31 heavy (non-hydrogen) atoms. The third kappa shape index (κ3) is 3.75. The summed E-state index contributed by atoms with van der Waals surface area (Å²) in [5, 5.41) is 8.22. The van der Waals surface area contributed by atoms with Gasteiger partial charge in [0.05, 0.1) is 0 Å². The van der Waals surface area contributed by atoms with Crippen molar-refractivity contribution in [3.8, 4) is 0 Å². The molecular weight excluding hydrogens is 372 g/mol. The summed E-state index contributed by atoms with van der Waals surface area (Å²) in [6, 6.07) is 26.9. The second kappa shape index (κ2) is 7.71.